The summed E-state index contributed by atoms with van der Waals surface area (Å²) in [6, 6.07) is 13.9. The Balaban J connectivity index is 1.60. The van der Waals surface area contributed by atoms with E-state index in [0.717, 1.165) is 46.2 Å². The fourth-order valence-corrected chi connectivity index (χ4v) is 7.45. The van der Waals surface area contributed by atoms with Crippen LogP contribution in [0.15, 0.2) is 63.7 Å². The van der Waals surface area contributed by atoms with Crippen LogP contribution in [0.2, 0.25) is 5.02 Å². The Labute approximate surface area is 214 Å². The third-order valence-electron chi connectivity index (χ3n) is 5.72. The third-order valence-corrected chi connectivity index (χ3v) is 9.41. The van der Waals surface area contributed by atoms with Crippen molar-refractivity contribution < 1.29 is 9.30 Å². The first-order valence-corrected chi connectivity index (χ1v) is 13.6. The molecule has 1 aliphatic heterocycles. The maximum Gasteiger partial charge on any atom is 0.271 e. The number of thiazole rings is 2. The lowest BCUT2D eigenvalue weighted by atomic mass is 10.2. The van der Waals surface area contributed by atoms with Crippen LogP contribution in [0.1, 0.15) is 17.5 Å². The van der Waals surface area contributed by atoms with E-state index >= 15 is 0 Å². The zero-order valence-corrected chi connectivity index (χ0v) is 22.2. The molecule has 3 heterocycles. The van der Waals surface area contributed by atoms with Crippen LogP contribution < -0.4 is 29.0 Å². The van der Waals surface area contributed by atoms with Gasteiger partial charge in [0.05, 0.1) is 29.3 Å². The zero-order chi connectivity index (χ0) is 23.8. The molecule has 2 aromatic carbocycles. The molecular formula is C25H23ClN3O2S3+. The van der Waals surface area contributed by atoms with Crippen molar-refractivity contribution in [3.05, 3.63) is 89.2 Å². The van der Waals surface area contributed by atoms with Gasteiger partial charge in [0, 0.05) is 24.1 Å². The molecule has 0 bridgehead atoms. The molecule has 0 atom stereocenters. The van der Waals surface area contributed by atoms with Crippen LogP contribution in [0.3, 0.4) is 0 Å². The SMILES string of the molecule is CCn1c(=O)/c(=C2\Sc3cc(OC)ccc3N2C)s/c1=C\c1scc[n+]1Cc1ccccc1Cl. The molecule has 0 radical (unpaired) electrons. The van der Waals surface area contributed by atoms with E-state index in [1.54, 1.807) is 41.5 Å². The lowest BCUT2D eigenvalue weighted by molar-refractivity contribution is -0.685. The molecule has 0 amide bonds. The van der Waals surface area contributed by atoms with Crippen LogP contribution in [0.4, 0.5) is 5.69 Å². The van der Waals surface area contributed by atoms with Gasteiger partial charge in [-0.25, -0.2) is 0 Å². The van der Waals surface area contributed by atoms with Crippen LogP contribution >= 0.6 is 46.0 Å². The third kappa shape index (κ3) is 4.20. The van der Waals surface area contributed by atoms with E-state index in [1.165, 1.54) is 0 Å². The molecule has 0 spiro atoms. The molecular weight excluding hydrogens is 506 g/mol. The summed E-state index contributed by atoms with van der Waals surface area (Å²) in [4.78, 5) is 16.6. The van der Waals surface area contributed by atoms with Crippen LogP contribution in [0, 0.1) is 0 Å². The van der Waals surface area contributed by atoms with Crippen LogP contribution in [-0.2, 0) is 13.1 Å². The summed E-state index contributed by atoms with van der Waals surface area (Å²) in [7, 11) is 3.68. The van der Waals surface area contributed by atoms with E-state index < -0.39 is 0 Å². The monoisotopic (exact) mass is 528 g/mol. The first kappa shape index (κ1) is 23.2. The molecule has 0 N–H and O–H groups in total. The maximum atomic E-state index is 13.4. The highest BCUT2D eigenvalue weighted by molar-refractivity contribution is 8.08. The summed E-state index contributed by atoms with van der Waals surface area (Å²) in [5.41, 5.74) is 2.19. The number of rotatable bonds is 5. The molecule has 5 rings (SSSR count). The Morgan fingerprint density at radius 3 is 2.79 bits per heavy atom. The molecule has 34 heavy (non-hydrogen) atoms. The molecule has 9 heteroatoms. The van der Waals surface area contributed by atoms with E-state index in [2.05, 4.69) is 27.1 Å². The highest BCUT2D eigenvalue weighted by atomic mass is 35.5. The van der Waals surface area contributed by atoms with Gasteiger partial charge >= 0.3 is 0 Å². The summed E-state index contributed by atoms with van der Waals surface area (Å²) in [6.45, 7) is 3.30. The molecule has 0 saturated heterocycles. The summed E-state index contributed by atoms with van der Waals surface area (Å²) in [6.07, 6.45) is 4.17. The largest absolute Gasteiger partial charge is 0.497 e. The fraction of sp³-hybridized carbons (Fsp3) is 0.200. The van der Waals surface area contributed by atoms with Crippen molar-refractivity contribution in [3.8, 4) is 5.75 Å². The highest BCUT2D eigenvalue weighted by Gasteiger charge is 2.25. The van der Waals surface area contributed by atoms with Gasteiger partial charge in [-0.3, -0.25) is 9.36 Å². The molecule has 0 unspecified atom stereocenters. The van der Waals surface area contributed by atoms with E-state index in [9.17, 15) is 4.79 Å². The summed E-state index contributed by atoms with van der Waals surface area (Å²) in [5, 5.41) is 4.84. The van der Waals surface area contributed by atoms with Gasteiger partial charge in [0.25, 0.3) is 10.6 Å². The standard InChI is InChI=1S/C25H23ClN3O2S3/c1-4-29-22(14-21-28(11-12-32-21)15-16-7-5-6-8-18(16)26)34-23(24(29)30)25-27(2)19-10-9-17(31-3)13-20(19)33-25/h5-14H,4,15H2,1-3H3/q+1/b25-23+. The second-order valence-electron chi connectivity index (χ2n) is 7.72. The van der Waals surface area contributed by atoms with Gasteiger partial charge in [0.1, 0.15) is 20.0 Å². The van der Waals surface area contributed by atoms with E-state index in [1.807, 2.05) is 61.0 Å². The topological polar surface area (TPSA) is 38.4 Å². The minimum Gasteiger partial charge on any atom is -0.497 e. The maximum absolute atomic E-state index is 13.4. The van der Waals surface area contributed by atoms with Crippen molar-refractivity contribution >= 4 is 62.8 Å². The number of methoxy groups -OCH3 is 1. The average Bonchev–Trinajstić information content (AvgIpc) is 3.51. The van der Waals surface area contributed by atoms with Crippen LogP contribution in [0.5, 0.6) is 5.75 Å². The summed E-state index contributed by atoms with van der Waals surface area (Å²) in [5.74, 6) is 0.813. The lowest BCUT2D eigenvalue weighted by Crippen LogP contribution is -2.36. The Morgan fingerprint density at radius 1 is 1.21 bits per heavy atom. The lowest BCUT2D eigenvalue weighted by Gasteiger charge is -2.12. The van der Waals surface area contributed by atoms with Crippen molar-refractivity contribution in [1.29, 1.82) is 0 Å². The molecule has 0 fully saturated rings. The van der Waals surface area contributed by atoms with Crippen molar-refractivity contribution in [2.24, 2.45) is 0 Å². The normalized spacial score (nSPS) is 15.2. The predicted molar refractivity (Wildman–Crippen MR) is 143 cm³/mol. The first-order valence-electron chi connectivity index (χ1n) is 10.8. The van der Waals surface area contributed by atoms with Gasteiger partial charge in [-0.05, 0) is 31.2 Å². The van der Waals surface area contributed by atoms with Gasteiger partial charge in [-0.15, -0.1) is 11.3 Å². The minimum atomic E-state index is 0.0436. The summed E-state index contributed by atoms with van der Waals surface area (Å²) < 4.78 is 11.1. The van der Waals surface area contributed by atoms with E-state index in [0.29, 0.717) is 13.1 Å². The van der Waals surface area contributed by atoms with E-state index in [4.69, 9.17) is 16.3 Å². The van der Waals surface area contributed by atoms with Gasteiger partial charge < -0.3 is 9.64 Å². The molecule has 1 aliphatic rings. The molecule has 0 saturated carbocycles. The van der Waals surface area contributed by atoms with Crippen LogP contribution in [0.25, 0.3) is 11.1 Å². The Bertz CT molecular complexity index is 1550. The fourth-order valence-electron chi connectivity index (χ4n) is 3.91. The number of hydrogen-bond donors (Lipinski definition) is 0. The number of fused-ring (bicyclic) bond motifs is 1. The van der Waals surface area contributed by atoms with Gasteiger partial charge in [0.15, 0.2) is 12.7 Å². The Kier molecular flexibility index (Phi) is 6.57. The highest BCUT2D eigenvalue weighted by Crippen LogP contribution is 2.46. The summed E-state index contributed by atoms with van der Waals surface area (Å²) >= 11 is 11.2. The number of aromatic nitrogens is 2. The molecule has 5 nitrogen and oxygen atoms in total. The number of hydrogen-bond acceptors (Lipinski definition) is 6. The number of ether oxygens (including phenoxy) is 1. The number of halogens is 1. The van der Waals surface area contributed by atoms with Crippen molar-refractivity contribution in [1.82, 2.24) is 4.57 Å². The number of anilines is 1. The predicted octanol–water partition coefficient (Wildman–Crippen LogP) is 4.13. The quantitative estimate of drug-likeness (QED) is 0.365. The van der Waals surface area contributed by atoms with Crippen molar-refractivity contribution in [2.75, 3.05) is 19.1 Å². The van der Waals surface area contributed by atoms with Gasteiger partial charge in [-0.2, -0.15) is 4.57 Å². The van der Waals surface area contributed by atoms with Crippen molar-refractivity contribution in [2.45, 2.75) is 24.9 Å². The van der Waals surface area contributed by atoms with Gasteiger partial charge in [-0.1, -0.05) is 52.9 Å². The van der Waals surface area contributed by atoms with E-state index in [-0.39, 0.29) is 5.56 Å². The molecule has 4 aromatic rings. The number of nitrogens with zero attached hydrogens (tertiary/aromatic N) is 3. The van der Waals surface area contributed by atoms with Crippen LogP contribution in [-0.4, -0.2) is 18.7 Å². The van der Waals surface area contributed by atoms with Crippen molar-refractivity contribution in [3.63, 3.8) is 0 Å². The zero-order valence-electron chi connectivity index (χ0n) is 18.9. The molecule has 2 aromatic heterocycles. The first-order chi connectivity index (χ1) is 16.5. The van der Waals surface area contributed by atoms with Gasteiger partial charge in [0.2, 0.25) is 0 Å². The number of thioether (sulfide) groups is 1. The second kappa shape index (κ2) is 9.62. The minimum absolute atomic E-state index is 0.0436. The molecule has 0 aliphatic carbocycles. The Morgan fingerprint density at radius 2 is 2.03 bits per heavy atom. The Hall–Kier alpha value is -2.52. The number of benzene rings is 2. The second-order valence-corrected chi connectivity index (χ2v) is 11.1. The smallest absolute Gasteiger partial charge is 0.271 e. The average molecular weight is 529 g/mol. The molecule has 174 valence electrons.